The van der Waals surface area contributed by atoms with Crippen molar-refractivity contribution in [1.29, 1.82) is 0 Å². The molecule has 164 valence electrons. The van der Waals surface area contributed by atoms with Gasteiger partial charge in [0.25, 0.3) is 10.0 Å². The van der Waals surface area contributed by atoms with E-state index in [1.807, 2.05) is 55.5 Å². The van der Waals surface area contributed by atoms with Gasteiger partial charge in [0.05, 0.1) is 17.1 Å². The van der Waals surface area contributed by atoms with Crippen molar-refractivity contribution in [2.45, 2.75) is 38.6 Å². The zero-order valence-electron chi connectivity index (χ0n) is 18.1. The van der Waals surface area contributed by atoms with Crippen molar-refractivity contribution in [3.63, 3.8) is 0 Å². The maximum Gasteiger partial charge on any atom is 0.268 e. The fourth-order valence-corrected chi connectivity index (χ4v) is 6.02. The quantitative estimate of drug-likeness (QED) is 0.462. The smallest absolute Gasteiger partial charge is 0.268 e. The topological polar surface area (TPSA) is 94.1 Å². The molecule has 0 amide bonds. The minimum absolute atomic E-state index is 0.192. The van der Waals surface area contributed by atoms with Gasteiger partial charge in [-0.05, 0) is 38.8 Å². The summed E-state index contributed by atoms with van der Waals surface area (Å²) in [6.07, 6.45) is 0.700. The van der Waals surface area contributed by atoms with Crippen LogP contribution in [0, 0.1) is 20.8 Å². The van der Waals surface area contributed by atoms with Crippen LogP contribution in [0.15, 0.2) is 57.9 Å². The first-order valence-corrected chi connectivity index (χ1v) is 11.8. The Kier molecular flexibility index (Phi) is 4.85. The average molecular weight is 450 g/mol. The lowest BCUT2D eigenvalue weighted by atomic mass is 10.1. The van der Waals surface area contributed by atoms with Crippen LogP contribution in [0.5, 0.6) is 0 Å². The molecular weight excluding hydrogens is 426 g/mol. The number of sulfonamides is 1. The molecule has 1 aliphatic rings. The van der Waals surface area contributed by atoms with E-state index < -0.39 is 10.0 Å². The molecule has 2 aromatic heterocycles. The molecule has 0 radical (unpaired) electrons. The molecule has 4 aromatic rings. The molecule has 0 spiro atoms. The lowest BCUT2D eigenvalue weighted by molar-refractivity contribution is 0.364. The van der Waals surface area contributed by atoms with Gasteiger partial charge in [-0.15, -0.1) is 0 Å². The van der Waals surface area contributed by atoms with Gasteiger partial charge in [0.15, 0.2) is 0 Å². The van der Waals surface area contributed by atoms with Crippen LogP contribution in [0.1, 0.15) is 28.4 Å². The Labute approximate surface area is 186 Å². The largest absolute Gasteiger partial charge is 0.337 e. The Balaban J connectivity index is 1.45. The minimum Gasteiger partial charge on any atom is -0.337 e. The fourth-order valence-electron chi connectivity index (χ4n) is 4.14. The molecule has 8 nitrogen and oxygen atoms in total. The highest BCUT2D eigenvalue weighted by Crippen LogP contribution is 2.34. The SMILES string of the molecule is Cc1ccc(-c2noc(Cn3nc(C)c(S(=O)(=O)N4CCc5ccccc54)c3C)n2)cc1. The molecule has 0 bridgehead atoms. The number of aryl methyl sites for hydroxylation is 2. The second kappa shape index (κ2) is 7.59. The molecule has 0 unspecified atom stereocenters. The third-order valence-corrected chi connectivity index (χ3v) is 7.84. The minimum atomic E-state index is -3.74. The van der Waals surface area contributed by atoms with E-state index in [0.717, 1.165) is 22.4 Å². The summed E-state index contributed by atoms with van der Waals surface area (Å²) in [5.41, 5.74) is 4.77. The molecule has 0 saturated carbocycles. The number of hydrogen-bond acceptors (Lipinski definition) is 6. The second-order valence-electron chi connectivity index (χ2n) is 7.99. The zero-order chi connectivity index (χ0) is 22.5. The number of anilines is 1. The van der Waals surface area contributed by atoms with Gasteiger partial charge in [-0.25, -0.2) is 8.42 Å². The van der Waals surface area contributed by atoms with E-state index in [9.17, 15) is 8.42 Å². The highest BCUT2D eigenvalue weighted by molar-refractivity contribution is 7.93. The van der Waals surface area contributed by atoms with Crippen LogP contribution in [0.25, 0.3) is 11.4 Å². The Hall–Kier alpha value is -3.46. The summed E-state index contributed by atoms with van der Waals surface area (Å²) < 4.78 is 35.6. The Morgan fingerprint density at radius 3 is 2.56 bits per heavy atom. The highest BCUT2D eigenvalue weighted by Gasteiger charge is 2.35. The van der Waals surface area contributed by atoms with E-state index in [1.54, 1.807) is 18.5 Å². The maximum absolute atomic E-state index is 13.5. The zero-order valence-corrected chi connectivity index (χ0v) is 18.9. The number of fused-ring (bicyclic) bond motifs is 1. The molecule has 0 fully saturated rings. The summed E-state index contributed by atoms with van der Waals surface area (Å²) in [7, 11) is -3.74. The van der Waals surface area contributed by atoms with Crippen molar-refractivity contribution < 1.29 is 12.9 Å². The maximum atomic E-state index is 13.5. The number of aromatic nitrogens is 4. The predicted octanol–water partition coefficient (Wildman–Crippen LogP) is 3.66. The normalized spacial score (nSPS) is 13.5. The number of para-hydroxylation sites is 1. The molecule has 9 heteroatoms. The molecule has 1 aliphatic heterocycles. The van der Waals surface area contributed by atoms with E-state index in [-0.39, 0.29) is 11.4 Å². The molecular formula is C23H23N5O3S. The third kappa shape index (κ3) is 3.38. The van der Waals surface area contributed by atoms with Crippen LogP contribution < -0.4 is 4.31 Å². The molecule has 2 aromatic carbocycles. The molecule has 3 heterocycles. The van der Waals surface area contributed by atoms with Crippen LogP contribution in [-0.2, 0) is 23.0 Å². The van der Waals surface area contributed by atoms with Crippen LogP contribution >= 0.6 is 0 Å². The van der Waals surface area contributed by atoms with Crippen molar-refractivity contribution in [2.75, 3.05) is 10.8 Å². The number of rotatable bonds is 5. The summed E-state index contributed by atoms with van der Waals surface area (Å²) in [5.74, 6) is 0.852. The van der Waals surface area contributed by atoms with Crippen LogP contribution in [0.2, 0.25) is 0 Å². The molecule has 0 N–H and O–H groups in total. The highest BCUT2D eigenvalue weighted by atomic mass is 32.2. The Morgan fingerprint density at radius 2 is 1.78 bits per heavy atom. The lowest BCUT2D eigenvalue weighted by Gasteiger charge is -2.19. The summed E-state index contributed by atoms with van der Waals surface area (Å²) in [4.78, 5) is 4.69. The summed E-state index contributed by atoms with van der Waals surface area (Å²) in [6, 6.07) is 15.4. The number of benzene rings is 2. The van der Waals surface area contributed by atoms with Crippen molar-refractivity contribution in [3.8, 4) is 11.4 Å². The summed E-state index contributed by atoms with van der Waals surface area (Å²) in [6.45, 7) is 6.10. The predicted molar refractivity (Wildman–Crippen MR) is 120 cm³/mol. The number of nitrogens with zero attached hydrogens (tertiary/aromatic N) is 5. The summed E-state index contributed by atoms with van der Waals surface area (Å²) >= 11 is 0. The molecule has 32 heavy (non-hydrogen) atoms. The van der Waals surface area contributed by atoms with E-state index in [2.05, 4.69) is 15.2 Å². The molecule has 0 atom stereocenters. The van der Waals surface area contributed by atoms with Crippen molar-refractivity contribution in [3.05, 3.63) is 76.9 Å². The fraction of sp³-hybridized carbons (Fsp3) is 0.261. The number of hydrogen-bond donors (Lipinski definition) is 0. The van der Waals surface area contributed by atoms with Crippen molar-refractivity contribution in [2.24, 2.45) is 0 Å². The Morgan fingerprint density at radius 1 is 1.03 bits per heavy atom. The van der Waals surface area contributed by atoms with Crippen LogP contribution in [0.3, 0.4) is 0 Å². The van der Waals surface area contributed by atoms with Gasteiger partial charge in [-0.1, -0.05) is 53.2 Å². The third-order valence-electron chi connectivity index (χ3n) is 5.77. The van der Waals surface area contributed by atoms with Gasteiger partial charge >= 0.3 is 0 Å². The van der Waals surface area contributed by atoms with Gasteiger partial charge in [0, 0.05) is 12.1 Å². The van der Waals surface area contributed by atoms with E-state index >= 15 is 0 Å². The van der Waals surface area contributed by atoms with E-state index in [1.165, 1.54) is 4.31 Å². The van der Waals surface area contributed by atoms with Gasteiger partial charge in [0.2, 0.25) is 11.7 Å². The monoisotopic (exact) mass is 449 g/mol. The summed E-state index contributed by atoms with van der Waals surface area (Å²) in [5, 5.41) is 8.53. The van der Waals surface area contributed by atoms with Gasteiger partial charge in [-0.2, -0.15) is 10.1 Å². The van der Waals surface area contributed by atoms with Gasteiger partial charge < -0.3 is 4.52 Å². The van der Waals surface area contributed by atoms with Crippen LogP contribution in [-0.4, -0.2) is 34.9 Å². The molecule has 5 rings (SSSR count). The Bertz CT molecular complexity index is 1400. The van der Waals surface area contributed by atoms with Crippen molar-refractivity contribution in [1.82, 2.24) is 19.9 Å². The molecule has 0 saturated heterocycles. The second-order valence-corrected chi connectivity index (χ2v) is 9.79. The van der Waals surface area contributed by atoms with Crippen molar-refractivity contribution >= 4 is 15.7 Å². The standard InChI is InChI=1S/C23H23N5O3S/c1-15-8-10-19(11-9-15)23-24-21(31-26-23)14-27-17(3)22(16(2)25-27)32(29,30)28-13-12-18-6-4-5-7-20(18)28/h4-11H,12-14H2,1-3H3. The molecule has 0 aliphatic carbocycles. The lowest BCUT2D eigenvalue weighted by Crippen LogP contribution is -2.30. The first-order chi connectivity index (χ1) is 15.3. The first kappa shape index (κ1) is 20.4. The first-order valence-electron chi connectivity index (χ1n) is 10.4. The van der Waals surface area contributed by atoms with E-state index in [4.69, 9.17) is 4.52 Å². The van der Waals surface area contributed by atoms with E-state index in [0.29, 0.717) is 36.1 Å². The van der Waals surface area contributed by atoms with Gasteiger partial charge in [0.1, 0.15) is 11.4 Å². The van der Waals surface area contributed by atoms with Crippen LogP contribution in [0.4, 0.5) is 5.69 Å². The van der Waals surface area contributed by atoms with Gasteiger partial charge in [-0.3, -0.25) is 8.99 Å². The average Bonchev–Trinajstić information content (AvgIpc) is 3.47.